The Morgan fingerprint density at radius 1 is 1.04 bits per heavy atom. The Morgan fingerprint density at radius 3 is 2.67 bits per heavy atom. The number of aryl methyl sites for hydroxylation is 3. The van der Waals surface area contributed by atoms with Gasteiger partial charge in [0.2, 0.25) is 0 Å². The third-order valence-electron chi connectivity index (χ3n) is 4.36. The molecule has 2 N–H and O–H groups in total. The highest BCUT2D eigenvalue weighted by atomic mass is 32.1. The van der Waals surface area contributed by atoms with Crippen LogP contribution in [0.4, 0.5) is 5.69 Å². The van der Waals surface area contributed by atoms with E-state index in [1.54, 1.807) is 0 Å². The molecule has 3 nitrogen and oxygen atoms in total. The molecule has 0 aromatic heterocycles. The van der Waals surface area contributed by atoms with Gasteiger partial charge in [-0.05, 0) is 68.9 Å². The molecule has 0 atom stereocenters. The van der Waals surface area contributed by atoms with Crippen molar-refractivity contribution in [2.24, 2.45) is 5.10 Å². The van der Waals surface area contributed by atoms with Crippen LogP contribution >= 0.6 is 12.2 Å². The van der Waals surface area contributed by atoms with E-state index in [1.807, 2.05) is 6.07 Å². The molecule has 0 aliphatic heterocycles. The second kappa shape index (κ2) is 7.58. The highest BCUT2D eigenvalue weighted by Crippen LogP contribution is 2.21. The van der Waals surface area contributed by atoms with Gasteiger partial charge in [-0.15, -0.1) is 0 Å². The van der Waals surface area contributed by atoms with Gasteiger partial charge in [0.25, 0.3) is 0 Å². The number of thiocarbonyl (C=S) groups is 1. The Labute approximate surface area is 149 Å². The van der Waals surface area contributed by atoms with Crippen LogP contribution in [0.15, 0.2) is 47.6 Å². The molecule has 0 unspecified atom stereocenters. The molecule has 0 fully saturated rings. The van der Waals surface area contributed by atoms with E-state index in [0.29, 0.717) is 5.11 Å². The van der Waals surface area contributed by atoms with Crippen LogP contribution in [0.3, 0.4) is 0 Å². The highest BCUT2D eigenvalue weighted by Gasteiger charge is 2.13. The first-order chi connectivity index (χ1) is 11.6. The predicted molar refractivity (Wildman–Crippen MR) is 106 cm³/mol. The van der Waals surface area contributed by atoms with Gasteiger partial charge in [0.15, 0.2) is 5.11 Å². The molecule has 0 amide bonds. The molecule has 0 heterocycles. The summed E-state index contributed by atoms with van der Waals surface area (Å²) in [6.45, 7) is 4.16. The number of rotatable bonds is 2. The monoisotopic (exact) mass is 337 g/mol. The zero-order valence-electron chi connectivity index (χ0n) is 14.2. The highest BCUT2D eigenvalue weighted by molar-refractivity contribution is 7.80. The first-order valence-corrected chi connectivity index (χ1v) is 8.83. The van der Waals surface area contributed by atoms with Gasteiger partial charge in [0.05, 0.1) is 5.71 Å². The molecule has 1 aliphatic rings. The summed E-state index contributed by atoms with van der Waals surface area (Å²) in [7, 11) is 0. The zero-order chi connectivity index (χ0) is 16.9. The van der Waals surface area contributed by atoms with Crippen molar-refractivity contribution in [3.8, 4) is 0 Å². The van der Waals surface area contributed by atoms with Gasteiger partial charge in [0, 0.05) is 11.3 Å². The smallest absolute Gasteiger partial charge is 0.191 e. The van der Waals surface area contributed by atoms with E-state index < -0.39 is 0 Å². The maximum Gasteiger partial charge on any atom is 0.191 e. The summed E-state index contributed by atoms with van der Waals surface area (Å²) in [5, 5.41) is 8.34. The minimum atomic E-state index is 0.524. The average molecular weight is 337 g/mol. The van der Waals surface area contributed by atoms with Gasteiger partial charge in [0.1, 0.15) is 0 Å². The summed E-state index contributed by atoms with van der Waals surface area (Å²) in [4.78, 5) is 0. The Balaban J connectivity index is 1.72. The van der Waals surface area contributed by atoms with E-state index in [2.05, 4.69) is 66.1 Å². The van der Waals surface area contributed by atoms with Crippen molar-refractivity contribution < 1.29 is 0 Å². The number of nitrogens with one attached hydrogen (secondary N) is 2. The topological polar surface area (TPSA) is 36.4 Å². The summed E-state index contributed by atoms with van der Waals surface area (Å²) in [5.74, 6) is 0. The van der Waals surface area contributed by atoms with Gasteiger partial charge < -0.3 is 5.32 Å². The Hall–Kier alpha value is -2.20. The van der Waals surface area contributed by atoms with Crippen LogP contribution in [0.5, 0.6) is 0 Å². The Kier molecular flexibility index (Phi) is 5.26. The Morgan fingerprint density at radius 2 is 1.83 bits per heavy atom. The first-order valence-electron chi connectivity index (χ1n) is 8.42. The standard InChI is InChI=1S/C20H23N3S/c1-14-11-12-18(15(2)13-14)21-20(24)23-22-19-10-6-4-8-16-7-3-5-9-17(16)19/h3,5,7,9,11-13H,4,6,8,10H2,1-2H3,(H2,21,23,24)/b22-19-. The summed E-state index contributed by atoms with van der Waals surface area (Å²) < 4.78 is 0. The van der Waals surface area contributed by atoms with Gasteiger partial charge in [-0.2, -0.15) is 5.10 Å². The van der Waals surface area contributed by atoms with Crippen LogP contribution < -0.4 is 10.7 Å². The summed E-state index contributed by atoms with van der Waals surface area (Å²) in [6.07, 6.45) is 4.48. The number of benzene rings is 2. The van der Waals surface area contributed by atoms with Crippen molar-refractivity contribution in [2.45, 2.75) is 39.5 Å². The van der Waals surface area contributed by atoms with E-state index in [9.17, 15) is 0 Å². The van der Waals surface area contributed by atoms with E-state index in [4.69, 9.17) is 12.2 Å². The lowest BCUT2D eigenvalue weighted by atomic mass is 10.0. The zero-order valence-corrected chi connectivity index (χ0v) is 15.0. The fraction of sp³-hybridized carbons (Fsp3) is 0.300. The van der Waals surface area contributed by atoms with Crippen molar-refractivity contribution in [2.75, 3.05) is 5.32 Å². The molecule has 2 aromatic carbocycles. The molecule has 0 radical (unpaired) electrons. The van der Waals surface area contributed by atoms with Crippen molar-refractivity contribution in [1.82, 2.24) is 5.43 Å². The number of nitrogens with zero attached hydrogens (tertiary/aromatic N) is 1. The third kappa shape index (κ3) is 4.01. The molecule has 4 heteroatoms. The van der Waals surface area contributed by atoms with E-state index in [-0.39, 0.29) is 0 Å². The number of anilines is 1. The van der Waals surface area contributed by atoms with Crippen LogP contribution in [0.1, 0.15) is 41.5 Å². The van der Waals surface area contributed by atoms with Crippen LogP contribution in [0.2, 0.25) is 0 Å². The number of hydrogen-bond donors (Lipinski definition) is 2. The van der Waals surface area contributed by atoms with Crippen molar-refractivity contribution in [3.05, 3.63) is 64.7 Å². The quantitative estimate of drug-likeness (QED) is 0.473. The summed E-state index contributed by atoms with van der Waals surface area (Å²) >= 11 is 5.40. The van der Waals surface area contributed by atoms with Crippen LogP contribution in [-0.4, -0.2) is 10.8 Å². The molecule has 0 saturated carbocycles. The largest absolute Gasteiger partial charge is 0.331 e. The third-order valence-corrected chi connectivity index (χ3v) is 4.55. The lowest BCUT2D eigenvalue weighted by molar-refractivity contribution is 0.774. The van der Waals surface area contributed by atoms with Crippen molar-refractivity contribution in [1.29, 1.82) is 0 Å². The SMILES string of the molecule is Cc1ccc(NC(=S)N/N=C2/CCCCc3ccccc32)c(C)c1. The molecule has 24 heavy (non-hydrogen) atoms. The molecule has 124 valence electrons. The fourth-order valence-electron chi connectivity index (χ4n) is 3.10. The minimum Gasteiger partial charge on any atom is -0.331 e. The van der Waals surface area contributed by atoms with Crippen LogP contribution in [0.25, 0.3) is 0 Å². The van der Waals surface area contributed by atoms with E-state index >= 15 is 0 Å². The molecule has 0 spiro atoms. The van der Waals surface area contributed by atoms with Crippen LogP contribution in [-0.2, 0) is 6.42 Å². The van der Waals surface area contributed by atoms with E-state index in [0.717, 1.165) is 30.7 Å². The normalized spacial score (nSPS) is 15.5. The fourth-order valence-corrected chi connectivity index (χ4v) is 3.26. The molecule has 0 saturated heterocycles. The molecule has 3 rings (SSSR count). The van der Waals surface area contributed by atoms with Crippen molar-refractivity contribution in [3.63, 3.8) is 0 Å². The maximum atomic E-state index is 5.40. The van der Waals surface area contributed by atoms with E-state index in [1.165, 1.54) is 28.7 Å². The molecular weight excluding hydrogens is 314 g/mol. The van der Waals surface area contributed by atoms with Gasteiger partial charge in [-0.3, -0.25) is 5.43 Å². The second-order valence-corrected chi connectivity index (χ2v) is 6.72. The lowest BCUT2D eigenvalue weighted by Crippen LogP contribution is -2.25. The van der Waals surface area contributed by atoms with Gasteiger partial charge in [-0.1, -0.05) is 42.0 Å². The number of hydrazone groups is 1. The summed E-state index contributed by atoms with van der Waals surface area (Å²) in [6, 6.07) is 14.8. The maximum absolute atomic E-state index is 5.40. The Bertz CT molecular complexity index is 780. The minimum absolute atomic E-state index is 0.524. The van der Waals surface area contributed by atoms with Crippen molar-refractivity contribution >= 4 is 28.7 Å². The molecule has 1 aliphatic carbocycles. The number of hydrogen-bond acceptors (Lipinski definition) is 2. The second-order valence-electron chi connectivity index (χ2n) is 6.31. The lowest BCUT2D eigenvalue weighted by Gasteiger charge is -2.12. The molecular formula is C20H23N3S. The van der Waals surface area contributed by atoms with Gasteiger partial charge in [-0.25, -0.2) is 0 Å². The van der Waals surface area contributed by atoms with Gasteiger partial charge >= 0.3 is 0 Å². The summed E-state index contributed by atoms with van der Waals surface area (Å²) in [5.41, 5.74) is 10.2. The van der Waals surface area contributed by atoms with Crippen LogP contribution in [0, 0.1) is 13.8 Å². The number of fused-ring (bicyclic) bond motifs is 1. The average Bonchev–Trinajstić information content (AvgIpc) is 2.78. The molecule has 2 aromatic rings. The predicted octanol–water partition coefficient (Wildman–Crippen LogP) is 4.72. The first kappa shape index (κ1) is 16.7. The molecule has 0 bridgehead atoms.